The van der Waals surface area contributed by atoms with Crippen molar-refractivity contribution < 1.29 is 42.6 Å². The molecule has 2 saturated heterocycles. The van der Waals surface area contributed by atoms with Crippen molar-refractivity contribution in [1.29, 1.82) is 0 Å². The topological polar surface area (TPSA) is 230 Å². The Balaban J connectivity index is 1.38. The van der Waals surface area contributed by atoms with E-state index in [0.717, 1.165) is 4.57 Å². The quantitative estimate of drug-likeness (QED) is 0.229. The molecule has 7 atom stereocenters. The molecule has 18 heteroatoms. The second-order valence-corrected chi connectivity index (χ2v) is 9.48. The highest BCUT2D eigenvalue weighted by molar-refractivity contribution is 7.47. The number of aliphatic hydroxyl groups is 2. The van der Waals surface area contributed by atoms with Crippen LogP contribution in [0.25, 0.3) is 0 Å². The SMILES string of the molecule is Nc1ccn([C@H]2C[C@@H](O)[C@H](COP(=O)(O)O[C@H]3C[C@H](n4cc(F)c(=O)[nH]c4=O)O[C@@H]3CO)O2)c(=O)n1. The summed E-state index contributed by atoms with van der Waals surface area (Å²) in [5.74, 6) is -1.26. The Kier molecular flexibility index (Phi) is 7.53. The number of H-pyrrole nitrogens is 1. The van der Waals surface area contributed by atoms with Crippen LogP contribution in [0.2, 0.25) is 0 Å². The van der Waals surface area contributed by atoms with Gasteiger partial charge in [0.2, 0.25) is 5.82 Å². The summed E-state index contributed by atoms with van der Waals surface area (Å²) in [6, 6.07) is 1.36. The number of nitrogen functional groups attached to an aromatic ring is 1. The van der Waals surface area contributed by atoms with Crippen molar-refractivity contribution in [3.8, 4) is 0 Å². The fraction of sp³-hybridized carbons (Fsp3) is 0.556. The van der Waals surface area contributed by atoms with E-state index in [1.807, 2.05) is 0 Å². The summed E-state index contributed by atoms with van der Waals surface area (Å²) in [6.45, 7) is -1.29. The lowest BCUT2D eigenvalue weighted by molar-refractivity contribution is -0.0576. The molecule has 2 fully saturated rings. The van der Waals surface area contributed by atoms with Gasteiger partial charge < -0.3 is 30.3 Å². The average Bonchev–Trinajstić information content (AvgIpc) is 3.37. The Bertz CT molecular complexity index is 1330. The second-order valence-electron chi connectivity index (χ2n) is 8.07. The van der Waals surface area contributed by atoms with Crippen LogP contribution in [0.4, 0.5) is 10.2 Å². The van der Waals surface area contributed by atoms with Crippen LogP contribution >= 0.6 is 7.82 Å². The first-order chi connectivity index (χ1) is 17.0. The summed E-state index contributed by atoms with van der Waals surface area (Å²) in [5.41, 5.74) is 2.51. The third kappa shape index (κ3) is 5.63. The maximum absolute atomic E-state index is 13.6. The number of hydrogen-bond donors (Lipinski definition) is 5. The zero-order valence-electron chi connectivity index (χ0n) is 18.4. The number of aliphatic hydroxyl groups excluding tert-OH is 2. The molecule has 4 heterocycles. The highest BCUT2D eigenvalue weighted by atomic mass is 31.2. The van der Waals surface area contributed by atoms with Gasteiger partial charge in [-0.05, 0) is 6.07 Å². The van der Waals surface area contributed by atoms with Crippen LogP contribution in [0, 0.1) is 5.82 Å². The molecule has 6 N–H and O–H groups in total. The zero-order valence-corrected chi connectivity index (χ0v) is 19.3. The third-order valence-corrected chi connectivity index (χ3v) is 6.64. The van der Waals surface area contributed by atoms with Crippen LogP contribution in [0.1, 0.15) is 25.3 Å². The van der Waals surface area contributed by atoms with Gasteiger partial charge in [-0.15, -0.1) is 0 Å². The van der Waals surface area contributed by atoms with Crippen LogP contribution in [-0.4, -0.2) is 71.8 Å². The van der Waals surface area contributed by atoms with Crippen LogP contribution in [0.3, 0.4) is 0 Å². The molecule has 0 amide bonds. The maximum Gasteiger partial charge on any atom is 0.472 e. The fourth-order valence-electron chi connectivity index (χ4n) is 3.87. The normalized spacial score (nSPS) is 29.9. The zero-order chi connectivity index (χ0) is 26.2. The number of phosphoric acid groups is 1. The molecular weight excluding hydrogens is 512 g/mol. The molecule has 2 aromatic heterocycles. The smallest absolute Gasteiger partial charge is 0.394 e. The molecule has 0 aliphatic carbocycles. The number of rotatable bonds is 8. The first kappa shape index (κ1) is 26.3. The number of ether oxygens (including phenoxy) is 2. The first-order valence-corrected chi connectivity index (χ1v) is 12.1. The van der Waals surface area contributed by atoms with Gasteiger partial charge in [-0.3, -0.25) is 28.0 Å². The first-order valence-electron chi connectivity index (χ1n) is 10.6. The second kappa shape index (κ2) is 10.3. The molecule has 4 rings (SSSR count). The van der Waals surface area contributed by atoms with E-state index < -0.39 is 80.7 Å². The minimum Gasteiger partial charge on any atom is -0.394 e. The van der Waals surface area contributed by atoms with Crippen LogP contribution in [0.15, 0.2) is 32.8 Å². The lowest BCUT2D eigenvalue weighted by atomic mass is 10.2. The lowest BCUT2D eigenvalue weighted by Gasteiger charge is -2.21. The number of nitrogens with two attached hydrogens (primary N) is 1. The van der Waals surface area contributed by atoms with Crippen molar-refractivity contribution in [3.63, 3.8) is 0 Å². The summed E-state index contributed by atoms with van der Waals surface area (Å²) in [4.78, 5) is 50.7. The highest BCUT2D eigenvalue weighted by Crippen LogP contribution is 2.48. The lowest BCUT2D eigenvalue weighted by Crippen LogP contribution is -2.34. The highest BCUT2D eigenvalue weighted by Gasteiger charge is 2.43. The molecule has 2 aliphatic heterocycles. The summed E-state index contributed by atoms with van der Waals surface area (Å²) < 4.78 is 48.9. The Morgan fingerprint density at radius 2 is 1.92 bits per heavy atom. The van der Waals surface area contributed by atoms with E-state index >= 15 is 0 Å². The van der Waals surface area contributed by atoms with E-state index in [4.69, 9.17) is 24.3 Å². The van der Waals surface area contributed by atoms with Crippen LogP contribution in [-0.2, 0) is 23.1 Å². The van der Waals surface area contributed by atoms with Gasteiger partial charge in [-0.2, -0.15) is 9.37 Å². The van der Waals surface area contributed by atoms with E-state index in [0.29, 0.717) is 10.8 Å². The fourth-order valence-corrected chi connectivity index (χ4v) is 4.83. The Hall–Kier alpha value is -2.76. The Morgan fingerprint density at radius 3 is 2.61 bits per heavy atom. The van der Waals surface area contributed by atoms with Crippen LogP contribution < -0.4 is 22.7 Å². The van der Waals surface area contributed by atoms with E-state index in [-0.39, 0.29) is 18.7 Å². The summed E-state index contributed by atoms with van der Waals surface area (Å²) in [7, 11) is -4.83. The Labute approximate surface area is 200 Å². The molecule has 2 aliphatic rings. The number of anilines is 1. The monoisotopic (exact) mass is 535 g/mol. The van der Waals surface area contributed by atoms with Gasteiger partial charge in [-0.25, -0.2) is 14.2 Å². The molecule has 36 heavy (non-hydrogen) atoms. The molecule has 0 spiro atoms. The van der Waals surface area contributed by atoms with Crippen molar-refractivity contribution in [2.45, 2.75) is 49.7 Å². The number of aromatic nitrogens is 4. The molecular formula is C18H23FN5O11P. The van der Waals surface area contributed by atoms with Crippen molar-refractivity contribution in [1.82, 2.24) is 19.1 Å². The van der Waals surface area contributed by atoms with Crippen LogP contribution in [0.5, 0.6) is 0 Å². The van der Waals surface area contributed by atoms with E-state index in [1.54, 1.807) is 4.98 Å². The predicted octanol–water partition coefficient (Wildman–Crippen LogP) is -2.05. The van der Waals surface area contributed by atoms with E-state index in [2.05, 4.69) is 4.98 Å². The largest absolute Gasteiger partial charge is 0.472 e. The number of nitrogens with zero attached hydrogens (tertiary/aromatic N) is 3. The predicted molar refractivity (Wildman–Crippen MR) is 115 cm³/mol. The Morgan fingerprint density at radius 1 is 1.22 bits per heavy atom. The van der Waals surface area contributed by atoms with Gasteiger partial charge in [0.15, 0.2) is 0 Å². The van der Waals surface area contributed by atoms with Gasteiger partial charge in [0.25, 0.3) is 5.56 Å². The van der Waals surface area contributed by atoms with Gasteiger partial charge in [0.05, 0.1) is 25.5 Å². The van der Waals surface area contributed by atoms with Gasteiger partial charge >= 0.3 is 19.2 Å². The van der Waals surface area contributed by atoms with Gasteiger partial charge in [0.1, 0.15) is 36.6 Å². The molecule has 2 aromatic rings. The molecule has 0 aromatic carbocycles. The standard InChI is InChI=1S/C18H23FN5O11P/c19-8-5-24(18(29)22-16(8)27)15-4-10(11(6-25)33-15)35-36(30,31)32-7-12-9(26)3-14(34-12)23-2-1-13(20)21-17(23)28/h1-2,5,9-12,14-15,25-26H,3-4,6-7H2,(H,30,31)(H2,20,21,28)(H,22,27,29)/t9-,10+,11-,12+,14-,15-/m1/s1. The van der Waals surface area contributed by atoms with E-state index in [1.165, 1.54) is 12.3 Å². The molecule has 198 valence electrons. The van der Waals surface area contributed by atoms with Gasteiger partial charge in [-0.1, -0.05) is 0 Å². The van der Waals surface area contributed by atoms with E-state index in [9.17, 15) is 38.4 Å². The van der Waals surface area contributed by atoms with Crippen molar-refractivity contribution >= 4 is 13.6 Å². The average molecular weight is 535 g/mol. The summed E-state index contributed by atoms with van der Waals surface area (Å²) in [5, 5.41) is 19.8. The number of phosphoric ester groups is 1. The van der Waals surface area contributed by atoms with Crippen molar-refractivity contribution in [2.24, 2.45) is 0 Å². The number of nitrogens with one attached hydrogen (secondary N) is 1. The summed E-state index contributed by atoms with van der Waals surface area (Å²) in [6.07, 6.45) is -5.24. The molecule has 0 saturated carbocycles. The number of hydrogen-bond acceptors (Lipinski definition) is 12. The van der Waals surface area contributed by atoms with Crippen molar-refractivity contribution in [3.05, 3.63) is 55.6 Å². The number of halogens is 1. The molecule has 0 radical (unpaired) electrons. The minimum atomic E-state index is -4.83. The van der Waals surface area contributed by atoms with Crippen molar-refractivity contribution in [2.75, 3.05) is 18.9 Å². The summed E-state index contributed by atoms with van der Waals surface area (Å²) >= 11 is 0. The molecule has 16 nitrogen and oxygen atoms in total. The minimum absolute atomic E-state index is 0.00271. The van der Waals surface area contributed by atoms with Gasteiger partial charge in [0, 0.05) is 19.0 Å². The number of aromatic amines is 1. The molecule has 1 unspecified atom stereocenters. The third-order valence-electron chi connectivity index (χ3n) is 5.63. The maximum atomic E-state index is 13.6. The molecule has 0 bridgehead atoms.